The Morgan fingerprint density at radius 3 is 2.60 bits per heavy atom. The van der Waals surface area contributed by atoms with Crippen molar-refractivity contribution >= 4 is 15.9 Å². The summed E-state index contributed by atoms with van der Waals surface area (Å²) in [4.78, 5) is 14.4. The first-order valence-electron chi connectivity index (χ1n) is 8.42. The highest BCUT2D eigenvalue weighted by atomic mass is 32.2. The van der Waals surface area contributed by atoms with Crippen LogP contribution in [0, 0.1) is 6.92 Å². The molecule has 0 aliphatic carbocycles. The molecule has 0 spiro atoms. The van der Waals surface area contributed by atoms with Crippen molar-refractivity contribution in [3.63, 3.8) is 0 Å². The van der Waals surface area contributed by atoms with Gasteiger partial charge < -0.3 is 10.1 Å². The monoisotopic (exact) mass is 369 g/mol. The van der Waals surface area contributed by atoms with Crippen molar-refractivity contribution in [3.05, 3.63) is 35.4 Å². The summed E-state index contributed by atoms with van der Waals surface area (Å²) in [6, 6.07) is 7.58. The number of carbonyl (C=O) groups is 1. The number of morpholine rings is 1. The van der Waals surface area contributed by atoms with Crippen molar-refractivity contribution in [2.45, 2.75) is 13.5 Å². The van der Waals surface area contributed by atoms with Gasteiger partial charge in [0.05, 0.1) is 26.0 Å². The van der Waals surface area contributed by atoms with Gasteiger partial charge in [0, 0.05) is 32.7 Å². The molecule has 25 heavy (non-hydrogen) atoms. The predicted molar refractivity (Wildman–Crippen MR) is 96.7 cm³/mol. The second-order valence-electron chi connectivity index (χ2n) is 6.26. The van der Waals surface area contributed by atoms with Gasteiger partial charge in [0.15, 0.2) is 0 Å². The second-order valence-corrected chi connectivity index (χ2v) is 8.24. The van der Waals surface area contributed by atoms with E-state index < -0.39 is 10.0 Å². The molecule has 1 amide bonds. The molecule has 1 aliphatic heterocycles. The summed E-state index contributed by atoms with van der Waals surface area (Å²) < 4.78 is 30.5. The third-order valence-corrected chi connectivity index (χ3v) is 5.45. The lowest BCUT2D eigenvalue weighted by atomic mass is 10.1. The van der Waals surface area contributed by atoms with Gasteiger partial charge in [-0.25, -0.2) is 8.42 Å². The van der Waals surface area contributed by atoms with Gasteiger partial charge in [0.1, 0.15) is 0 Å². The molecule has 1 N–H and O–H groups in total. The average Bonchev–Trinajstić information content (AvgIpc) is 2.56. The number of ether oxygens (including phenoxy) is 1. The summed E-state index contributed by atoms with van der Waals surface area (Å²) in [5.41, 5.74) is 1.90. The van der Waals surface area contributed by atoms with Gasteiger partial charge in [0.2, 0.25) is 15.9 Å². The van der Waals surface area contributed by atoms with Crippen molar-refractivity contribution in [3.8, 4) is 0 Å². The Morgan fingerprint density at radius 2 is 1.96 bits per heavy atom. The molecule has 1 aromatic rings. The van der Waals surface area contributed by atoms with Crippen molar-refractivity contribution in [2.75, 3.05) is 52.2 Å². The number of benzene rings is 1. The zero-order chi connectivity index (χ0) is 18.3. The quantitative estimate of drug-likeness (QED) is 0.708. The fourth-order valence-electron chi connectivity index (χ4n) is 2.66. The number of hydrogen-bond donors (Lipinski definition) is 1. The molecule has 1 fully saturated rings. The molecular formula is C17H27N3O4S. The van der Waals surface area contributed by atoms with E-state index in [9.17, 15) is 13.2 Å². The van der Waals surface area contributed by atoms with Crippen molar-refractivity contribution in [1.29, 1.82) is 0 Å². The van der Waals surface area contributed by atoms with E-state index in [0.29, 0.717) is 19.8 Å². The van der Waals surface area contributed by atoms with Gasteiger partial charge in [0.25, 0.3) is 0 Å². The van der Waals surface area contributed by atoms with Crippen molar-refractivity contribution in [1.82, 2.24) is 14.5 Å². The Hall–Kier alpha value is -1.48. The van der Waals surface area contributed by atoms with Crippen LogP contribution in [-0.2, 0) is 26.1 Å². The maximum atomic E-state index is 12.2. The SMILES string of the molecule is Cc1ccccc1CN(CC(=O)NCCN1CCOCC1)S(C)(=O)=O. The molecule has 0 radical (unpaired) electrons. The zero-order valence-electron chi connectivity index (χ0n) is 14.9. The number of sulfonamides is 1. The highest BCUT2D eigenvalue weighted by Gasteiger charge is 2.21. The summed E-state index contributed by atoms with van der Waals surface area (Å²) in [6.45, 7) is 6.35. The van der Waals surface area contributed by atoms with E-state index in [2.05, 4.69) is 10.2 Å². The lowest BCUT2D eigenvalue weighted by Crippen LogP contribution is -2.44. The van der Waals surface area contributed by atoms with E-state index in [1.807, 2.05) is 31.2 Å². The maximum Gasteiger partial charge on any atom is 0.235 e. The van der Waals surface area contributed by atoms with Crippen LogP contribution in [0.1, 0.15) is 11.1 Å². The van der Waals surface area contributed by atoms with E-state index in [4.69, 9.17) is 4.74 Å². The average molecular weight is 369 g/mol. The lowest BCUT2D eigenvalue weighted by Gasteiger charge is -2.26. The number of nitrogens with zero attached hydrogens (tertiary/aromatic N) is 2. The highest BCUT2D eigenvalue weighted by molar-refractivity contribution is 7.88. The van der Waals surface area contributed by atoms with E-state index in [1.54, 1.807) is 0 Å². The number of hydrogen-bond acceptors (Lipinski definition) is 5. The Labute approximate surface area is 150 Å². The maximum absolute atomic E-state index is 12.2. The van der Waals surface area contributed by atoms with Crippen LogP contribution in [0.25, 0.3) is 0 Å². The molecular weight excluding hydrogens is 342 g/mol. The largest absolute Gasteiger partial charge is 0.379 e. The summed E-state index contributed by atoms with van der Waals surface area (Å²) in [5, 5.41) is 2.81. The number of nitrogens with one attached hydrogen (secondary N) is 1. The third kappa shape index (κ3) is 6.74. The van der Waals surface area contributed by atoms with E-state index in [-0.39, 0.29) is 19.0 Å². The van der Waals surface area contributed by atoms with Gasteiger partial charge in [-0.05, 0) is 18.1 Å². The molecule has 0 atom stereocenters. The summed E-state index contributed by atoms with van der Waals surface area (Å²) in [5.74, 6) is -0.285. The van der Waals surface area contributed by atoms with E-state index >= 15 is 0 Å². The van der Waals surface area contributed by atoms with Crippen LogP contribution in [0.4, 0.5) is 0 Å². The first-order valence-corrected chi connectivity index (χ1v) is 10.3. The molecule has 1 aliphatic rings. The van der Waals surface area contributed by atoms with Crippen molar-refractivity contribution < 1.29 is 17.9 Å². The van der Waals surface area contributed by atoms with Crippen LogP contribution in [0.2, 0.25) is 0 Å². The van der Waals surface area contributed by atoms with Crippen molar-refractivity contribution in [2.24, 2.45) is 0 Å². The molecule has 0 bridgehead atoms. The summed E-state index contributed by atoms with van der Waals surface area (Å²) >= 11 is 0. The normalized spacial score (nSPS) is 16.1. The minimum Gasteiger partial charge on any atom is -0.379 e. The zero-order valence-corrected chi connectivity index (χ0v) is 15.7. The Morgan fingerprint density at radius 1 is 1.28 bits per heavy atom. The molecule has 1 heterocycles. The van der Waals surface area contributed by atoms with Crippen LogP contribution >= 0.6 is 0 Å². The topological polar surface area (TPSA) is 79.0 Å². The van der Waals surface area contributed by atoms with E-state index in [0.717, 1.165) is 37.0 Å². The smallest absolute Gasteiger partial charge is 0.235 e. The van der Waals surface area contributed by atoms with Crippen LogP contribution in [0.3, 0.4) is 0 Å². The second kappa shape index (κ2) is 9.28. The van der Waals surface area contributed by atoms with E-state index in [1.165, 1.54) is 4.31 Å². The Bertz CT molecular complexity index is 672. The van der Waals surface area contributed by atoms with Gasteiger partial charge >= 0.3 is 0 Å². The minimum absolute atomic E-state index is 0.170. The fourth-order valence-corrected chi connectivity index (χ4v) is 3.39. The molecule has 0 aromatic heterocycles. The fraction of sp³-hybridized carbons (Fsp3) is 0.588. The first-order chi connectivity index (χ1) is 11.9. The molecule has 0 unspecified atom stereocenters. The highest BCUT2D eigenvalue weighted by Crippen LogP contribution is 2.12. The van der Waals surface area contributed by atoms with Gasteiger partial charge in [-0.2, -0.15) is 4.31 Å². The number of aryl methyl sites for hydroxylation is 1. The molecule has 7 nitrogen and oxygen atoms in total. The molecule has 1 aromatic carbocycles. The summed E-state index contributed by atoms with van der Waals surface area (Å²) in [7, 11) is -3.47. The van der Waals surface area contributed by atoms with Gasteiger partial charge in [-0.3, -0.25) is 9.69 Å². The first kappa shape index (κ1) is 19.8. The number of rotatable bonds is 8. The number of carbonyl (C=O) groups excluding carboxylic acids is 1. The third-order valence-electron chi connectivity index (χ3n) is 4.25. The molecule has 140 valence electrons. The van der Waals surface area contributed by atoms with Gasteiger partial charge in [-0.1, -0.05) is 24.3 Å². The van der Waals surface area contributed by atoms with Crippen LogP contribution in [0.15, 0.2) is 24.3 Å². The van der Waals surface area contributed by atoms with Gasteiger partial charge in [-0.15, -0.1) is 0 Å². The Kier molecular flexibility index (Phi) is 7.37. The number of amides is 1. The Balaban J connectivity index is 1.86. The molecule has 1 saturated heterocycles. The van der Waals surface area contributed by atoms with Crippen LogP contribution < -0.4 is 5.32 Å². The minimum atomic E-state index is -3.47. The predicted octanol–water partition coefficient (Wildman–Crippen LogP) is 0.205. The summed E-state index contributed by atoms with van der Waals surface area (Å²) in [6.07, 6.45) is 1.13. The van der Waals surface area contributed by atoms with Crippen LogP contribution in [-0.4, -0.2) is 75.7 Å². The molecule has 8 heteroatoms. The lowest BCUT2D eigenvalue weighted by molar-refractivity contribution is -0.121. The standard InChI is InChI=1S/C17H27N3O4S/c1-15-5-3-4-6-16(15)13-20(25(2,22)23)14-17(21)18-7-8-19-9-11-24-12-10-19/h3-6H,7-14H2,1-2H3,(H,18,21). The molecule has 2 rings (SSSR count). The van der Waals surface area contributed by atoms with Crippen LogP contribution in [0.5, 0.6) is 0 Å². The molecule has 0 saturated carbocycles.